The lowest BCUT2D eigenvalue weighted by Gasteiger charge is -2.10. The lowest BCUT2D eigenvalue weighted by atomic mass is 10.2. The van der Waals surface area contributed by atoms with E-state index in [0.29, 0.717) is 13.0 Å². The molecule has 0 aliphatic carbocycles. The topological polar surface area (TPSA) is 90.0 Å². The van der Waals surface area contributed by atoms with E-state index >= 15 is 0 Å². The second-order valence-electron chi connectivity index (χ2n) is 4.67. The molecule has 0 bridgehead atoms. The molecular formula is C13H17FN4O2S. The number of benzene rings is 1. The number of sulfonamides is 1. The number of hydrogen-bond donors (Lipinski definition) is 2. The van der Waals surface area contributed by atoms with Crippen LogP contribution in [0.1, 0.15) is 12.0 Å². The average Bonchev–Trinajstić information content (AvgIpc) is 2.92. The second kappa shape index (κ2) is 6.23. The molecule has 0 amide bonds. The molecule has 6 nitrogen and oxygen atoms in total. The lowest BCUT2D eigenvalue weighted by molar-refractivity contribution is 0.540. The highest BCUT2D eigenvalue weighted by molar-refractivity contribution is 7.89. The van der Waals surface area contributed by atoms with Crippen molar-refractivity contribution in [2.75, 3.05) is 12.3 Å². The number of nitrogens with one attached hydrogen (secondary N) is 1. The van der Waals surface area contributed by atoms with E-state index in [0.717, 1.165) is 6.07 Å². The molecule has 0 atom stereocenters. The van der Waals surface area contributed by atoms with E-state index in [1.807, 2.05) is 0 Å². The number of anilines is 1. The van der Waals surface area contributed by atoms with Gasteiger partial charge in [-0.15, -0.1) is 0 Å². The van der Waals surface area contributed by atoms with Crippen molar-refractivity contribution in [1.29, 1.82) is 0 Å². The van der Waals surface area contributed by atoms with Gasteiger partial charge in [-0.3, -0.25) is 4.68 Å². The molecule has 2 aromatic rings. The van der Waals surface area contributed by atoms with Crippen molar-refractivity contribution in [3.05, 3.63) is 42.0 Å². The quantitative estimate of drug-likeness (QED) is 0.621. The van der Waals surface area contributed by atoms with Gasteiger partial charge < -0.3 is 5.73 Å². The summed E-state index contributed by atoms with van der Waals surface area (Å²) in [6, 6.07) is 4.30. The summed E-state index contributed by atoms with van der Waals surface area (Å²) in [7, 11) is -3.91. The van der Waals surface area contributed by atoms with Crippen molar-refractivity contribution in [3.8, 4) is 0 Å². The fourth-order valence-electron chi connectivity index (χ4n) is 1.92. The zero-order valence-corrected chi connectivity index (χ0v) is 12.4. The SMILES string of the molecule is Cc1cc(N)cc(S(=O)(=O)NCCCn2cccn2)c1F. The van der Waals surface area contributed by atoms with Crippen LogP contribution in [0.15, 0.2) is 35.5 Å². The highest BCUT2D eigenvalue weighted by Gasteiger charge is 2.20. The molecular weight excluding hydrogens is 295 g/mol. The minimum atomic E-state index is -3.91. The predicted molar refractivity (Wildman–Crippen MR) is 77.6 cm³/mol. The molecule has 2 rings (SSSR count). The van der Waals surface area contributed by atoms with E-state index in [-0.39, 0.29) is 17.8 Å². The minimum absolute atomic E-state index is 0.190. The molecule has 0 saturated heterocycles. The number of rotatable bonds is 6. The number of aryl methyl sites for hydroxylation is 2. The van der Waals surface area contributed by atoms with Gasteiger partial charge in [0, 0.05) is 31.2 Å². The summed E-state index contributed by atoms with van der Waals surface area (Å²) in [6.45, 7) is 2.24. The van der Waals surface area contributed by atoms with Gasteiger partial charge in [0.2, 0.25) is 10.0 Å². The monoisotopic (exact) mass is 312 g/mol. The van der Waals surface area contributed by atoms with Crippen LogP contribution in [0.4, 0.5) is 10.1 Å². The van der Waals surface area contributed by atoms with Gasteiger partial charge in [-0.25, -0.2) is 17.5 Å². The maximum absolute atomic E-state index is 13.9. The van der Waals surface area contributed by atoms with Gasteiger partial charge in [-0.05, 0) is 37.1 Å². The third-order valence-corrected chi connectivity index (χ3v) is 4.41. The number of nitrogens with two attached hydrogens (primary N) is 1. The fraction of sp³-hybridized carbons (Fsp3) is 0.308. The van der Waals surface area contributed by atoms with Crippen LogP contribution in [-0.2, 0) is 16.6 Å². The van der Waals surface area contributed by atoms with Crippen molar-refractivity contribution < 1.29 is 12.8 Å². The van der Waals surface area contributed by atoms with E-state index in [1.54, 1.807) is 23.1 Å². The van der Waals surface area contributed by atoms with Crippen LogP contribution in [0.5, 0.6) is 0 Å². The molecule has 0 unspecified atom stereocenters. The highest BCUT2D eigenvalue weighted by atomic mass is 32.2. The molecule has 21 heavy (non-hydrogen) atoms. The third kappa shape index (κ3) is 3.79. The molecule has 1 aromatic carbocycles. The molecule has 0 fully saturated rings. The predicted octanol–water partition coefficient (Wildman–Crippen LogP) is 1.28. The molecule has 0 radical (unpaired) electrons. The molecule has 8 heteroatoms. The summed E-state index contributed by atoms with van der Waals surface area (Å²) in [5, 5.41) is 4.01. The Hall–Kier alpha value is -1.93. The Morgan fingerprint density at radius 1 is 1.43 bits per heavy atom. The Bertz CT molecular complexity index is 714. The number of hydrogen-bond acceptors (Lipinski definition) is 4. The maximum atomic E-state index is 13.9. The Labute approximate surface area is 122 Å². The van der Waals surface area contributed by atoms with Gasteiger partial charge in [0.05, 0.1) is 0 Å². The van der Waals surface area contributed by atoms with Gasteiger partial charge in [-0.2, -0.15) is 5.10 Å². The molecule has 0 aliphatic heterocycles. The number of nitrogens with zero attached hydrogens (tertiary/aromatic N) is 2. The Morgan fingerprint density at radius 3 is 2.86 bits per heavy atom. The first kappa shape index (κ1) is 15.5. The zero-order valence-electron chi connectivity index (χ0n) is 11.6. The first-order valence-corrected chi connectivity index (χ1v) is 7.91. The summed E-state index contributed by atoms with van der Waals surface area (Å²) < 4.78 is 42.2. The molecule has 0 spiro atoms. The van der Waals surface area contributed by atoms with E-state index in [2.05, 4.69) is 9.82 Å². The van der Waals surface area contributed by atoms with Crippen molar-refractivity contribution in [2.24, 2.45) is 0 Å². The maximum Gasteiger partial charge on any atom is 0.243 e. The van der Waals surface area contributed by atoms with Crippen LogP contribution < -0.4 is 10.5 Å². The highest BCUT2D eigenvalue weighted by Crippen LogP contribution is 2.21. The van der Waals surface area contributed by atoms with Crippen molar-refractivity contribution in [3.63, 3.8) is 0 Å². The van der Waals surface area contributed by atoms with Crippen molar-refractivity contribution >= 4 is 15.7 Å². The summed E-state index contributed by atoms with van der Waals surface area (Å²) in [5.41, 5.74) is 5.99. The van der Waals surface area contributed by atoms with Crippen LogP contribution in [0.25, 0.3) is 0 Å². The van der Waals surface area contributed by atoms with E-state index in [9.17, 15) is 12.8 Å². The van der Waals surface area contributed by atoms with Gasteiger partial charge in [0.25, 0.3) is 0 Å². The average molecular weight is 312 g/mol. The standard InChI is InChI=1S/C13H17FN4O2S/c1-10-8-11(15)9-12(13(10)14)21(19,20)17-5-3-7-18-6-2-4-16-18/h2,4,6,8-9,17H,3,5,7,15H2,1H3. The molecule has 3 N–H and O–H groups in total. The van der Waals surface area contributed by atoms with Crippen LogP contribution >= 0.6 is 0 Å². The fourth-order valence-corrected chi connectivity index (χ4v) is 3.17. The second-order valence-corrected chi connectivity index (χ2v) is 6.41. The third-order valence-electron chi connectivity index (χ3n) is 2.95. The Morgan fingerprint density at radius 2 is 2.19 bits per heavy atom. The summed E-state index contributed by atoms with van der Waals surface area (Å²) in [5.74, 6) is -0.774. The summed E-state index contributed by atoms with van der Waals surface area (Å²) in [6.07, 6.45) is 3.98. The van der Waals surface area contributed by atoms with Crippen LogP contribution in [0.2, 0.25) is 0 Å². The van der Waals surface area contributed by atoms with E-state index in [4.69, 9.17) is 5.73 Å². The minimum Gasteiger partial charge on any atom is -0.399 e. The first-order chi connectivity index (χ1) is 9.90. The Kier molecular flexibility index (Phi) is 4.59. The van der Waals surface area contributed by atoms with Gasteiger partial charge in [0.15, 0.2) is 0 Å². The number of aromatic nitrogens is 2. The zero-order chi connectivity index (χ0) is 15.5. The normalized spacial score (nSPS) is 11.7. The van der Waals surface area contributed by atoms with Gasteiger partial charge >= 0.3 is 0 Å². The van der Waals surface area contributed by atoms with E-state index in [1.165, 1.54) is 13.0 Å². The van der Waals surface area contributed by atoms with Gasteiger partial charge in [-0.1, -0.05) is 0 Å². The van der Waals surface area contributed by atoms with Crippen LogP contribution in [0, 0.1) is 12.7 Å². The van der Waals surface area contributed by atoms with Crippen LogP contribution in [0.3, 0.4) is 0 Å². The molecule has 1 aromatic heterocycles. The molecule has 1 heterocycles. The van der Waals surface area contributed by atoms with Crippen molar-refractivity contribution in [2.45, 2.75) is 24.8 Å². The van der Waals surface area contributed by atoms with Crippen LogP contribution in [-0.4, -0.2) is 24.7 Å². The van der Waals surface area contributed by atoms with E-state index < -0.39 is 20.7 Å². The summed E-state index contributed by atoms with van der Waals surface area (Å²) in [4.78, 5) is -0.418. The van der Waals surface area contributed by atoms with Crippen molar-refractivity contribution in [1.82, 2.24) is 14.5 Å². The smallest absolute Gasteiger partial charge is 0.243 e. The summed E-state index contributed by atoms with van der Waals surface area (Å²) >= 11 is 0. The molecule has 114 valence electrons. The van der Waals surface area contributed by atoms with Gasteiger partial charge in [0.1, 0.15) is 10.7 Å². The largest absolute Gasteiger partial charge is 0.399 e. The molecule has 0 aliphatic rings. The molecule has 0 saturated carbocycles. The number of halogens is 1. The lowest BCUT2D eigenvalue weighted by Crippen LogP contribution is -2.26. The first-order valence-electron chi connectivity index (χ1n) is 6.43. The Balaban J connectivity index is 2.02. The number of nitrogen functional groups attached to an aromatic ring is 1.